The molecule has 1 aliphatic carbocycles. The van der Waals surface area contributed by atoms with Crippen LogP contribution in [0.4, 0.5) is 0 Å². The summed E-state index contributed by atoms with van der Waals surface area (Å²) in [6.07, 6.45) is 4.09. The highest BCUT2D eigenvalue weighted by atomic mass is 14.4. The van der Waals surface area contributed by atoms with Crippen molar-refractivity contribution in [3.8, 4) is 0 Å². The van der Waals surface area contributed by atoms with Crippen LogP contribution in [-0.4, -0.2) is 0 Å². The smallest absolute Gasteiger partial charge is 0.0177 e. The first-order valence-electron chi connectivity index (χ1n) is 5.11. The molecule has 0 spiro atoms. The summed E-state index contributed by atoms with van der Waals surface area (Å²) in [4.78, 5) is 0. The van der Waals surface area contributed by atoms with Crippen molar-refractivity contribution in [2.75, 3.05) is 0 Å². The highest BCUT2D eigenvalue weighted by molar-refractivity contribution is 5.09. The van der Waals surface area contributed by atoms with E-state index in [1.807, 2.05) is 0 Å². The van der Waals surface area contributed by atoms with Gasteiger partial charge >= 0.3 is 0 Å². The molecule has 0 nitrogen and oxygen atoms in total. The van der Waals surface area contributed by atoms with Crippen LogP contribution in [0.1, 0.15) is 47.0 Å². The van der Waals surface area contributed by atoms with Crippen LogP contribution < -0.4 is 0 Å². The Morgan fingerprint density at radius 1 is 1.50 bits per heavy atom. The molecule has 2 unspecified atom stereocenters. The van der Waals surface area contributed by atoms with Gasteiger partial charge < -0.3 is 0 Å². The van der Waals surface area contributed by atoms with Gasteiger partial charge in [0.1, 0.15) is 0 Å². The molecule has 0 aromatic carbocycles. The van der Waals surface area contributed by atoms with E-state index in [4.69, 9.17) is 0 Å². The lowest BCUT2D eigenvalue weighted by Gasteiger charge is -2.22. The Bertz CT molecular complexity index is 176. The molecule has 2 atom stereocenters. The second-order valence-electron chi connectivity index (χ2n) is 5.17. The van der Waals surface area contributed by atoms with Gasteiger partial charge in [-0.25, -0.2) is 0 Å². The maximum atomic E-state index is 4.02. The molecule has 0 aromatic rings. The Kier molecular flexibility index (Phi) is 2.65. The molecule has 0 N–H and O–H groups in total. The average Bonchev–Trinajstić information content (AvgIpc) is 2.67. The van der Waals surface area contributed by atoms with Gasteiger partial charge in [-0.1, -0.05) is 39.3 Å². The van der Waals surface area contributed by atoms with E-state index in [2.05, 4.69) is 34.3 Å². The number of rotatable bonds is 4. The SMILES string of the molecule is C=C(C)C1CC1CC(C)(C)CC. The Hall–Kier alpha value is -0.260. The second-order valence-corrected chi connectivity index (χ2v) is 5.17. The molecule has 0 aromatic heterocycles. The van der Waals surface area contributed by atoms with Crippen molar-refractivity contribution in [2.45, 2.75) is 47.0 Å². The molecule has 0 saturated heterocycles. The predicted molar refractivity (Wildman–Crippen MR) is 55.1 cm³/mol. The van der Waals surface area contributed by atoms with Gasteiger partial charge in [0.05, 0.1) is 0 Å². The number of hydrogen-bond donors (Lipinski definition) is 0. The first-order chi connectivity index (χ1) is 5.46. The lowest BCUT2D eigenvalue weighted by atomic mass is 9.84. The fraction of sp³-hybridized carbons (Fsp3) is 0.833. The lowest BCUT2D eigenvalue weighted by Crippen LogP contribution is -2.10. The van der Waals surface area contributed by atoms with Gasteiger partial charge in [0, 0.05) is 0 Å². The summed E-state index contributed by atoms with van der Waals surface area (Å²) in [5.41, 5.74) is 1.95. The normalized spacial score (nSPS) is 28.7. The Morgan fingerprint density at radius 2 is 2.08 bits per heavy atom. The summed E-state index contributed by atoms with van der Waals surface area (Å²) in [7, 11) is 0. The zero-order valence-corrected chi connectivity index (χ0v) is 8.98. The summed E-state index contributed by atoms with van der Waals surface area (Å²) in [5.74, 6) is 1.81. The first kappa shape index (κ1) is 9.83. The van der Waals surface area contributed by atoms with Crippen molar-refractivity contribution in [3.05, 3.63) is 12.2 Å². The minimum absolute atomic E-state index is 0.550. The Morgan fingerprint density at radius 3 is 2.42 bits per heavy atom. The maximum Gasteiger partial charge on any atom is -0.0177 e. The van der Waals surface area contributed by atoms with E-state index < -0.39 is 0 Å². The molecular weight excluding hydrogens is 144 g/mol. The van der Waals surface area contributed by atoms with E-state index in [0.29, 0.717) is 5.41 Å². The third-order valence-electron chi connectivity index (χ3n) is 3.33. The van der Waals surface area contributed by atoms with Crippen molar-refractivity contribution in [1.29, 1.82) is 0 Å². The van der Waals surface area contributed by atoms with Crippen LogP contribution in [-0.2, 0) is 0 Å². The predicted octanol–water partition coefficient (Wildman–Crippen LogP) is 4.02. The van der Waals surface area contributed by atoms with E-state index in [1.165, 1.54) is 24.8 Å². The molecule has 1 saturated carbocycles. The number of allylic oxidation sites excluding steroid dienone is 1. The molecule has 0 heterocycles. The zero-order chi connectivity index (χ0) is 9.35. The van der Waals surface area contributed by atoms with E-state index >= 15 is 0 Å². The monoisotopic (exact) mass is 166 g/mol. The molecule has 1 rings (SSSR count). The van der Waals surface area contributed by atoms with E-state index in [-0.39, 0.29) is 0 Å². The maximum absolute atomic E-state index is 4.02. The molecule has 0 heteroatoms. The second kappa shape index (κ2) is 3.24. The van der Waals surface area contributed by atoms with Gasteiger partial charge in [-0.15, -0.1) is 0 Å². The Labute approximate surface area is 77.1 Å². The molecule has 1 aliphatic rings. The molecule has 0 amide bonds. The van der Waals surface area contributed by atoms with Crippen LogP contribution in [0.5, 0.6) is 0 Å². The molecule has 12 heavy (non-hydrogen) atoms. The molecular formula is C12H22. The Balaban J connectivity index is 2.32. The van der Waals surface area contributed by atoms with Crippen LogP contribution >= 0.6 is 0 Å². The summed E-state index contributed by atoms with van der Waals surface area (Å²) in [5, 5.41) is 0. The van der Waals surface area contributed by atoms with Crippen molar-refractivity contribution in [3.63, 3.8) is 0 Å². The lowest BCUT2D eigenvalue weighted by molar-refractivity contribution is 0.298. The van der Waals surface area contributed by atoms with E-state index in [0.717, 1.165) is 11.8 Å². The summed E-state index contributed by atoms with van der Waals surface area (Å²) < 4.78 is 0. The standard InChI is InChI=1S/C12H22/c1-6-12(4,5)8-10-7-11(10)9(2)3/h10-11H,2,6-8H2,1,3-5H3. The number of hydrogen-bond acceptors (Lipinski definition) is 0. The van der Waals surface area contributed by atoms with Crippen LogP contribution in [0.15, 0.2) is 12.2 Å². The van der Waals surface area contributed by atoms with Crippen molar-refractivity contribution in [1.82, 2.24) is 0 Å². The van der Waals surface area contributed by atoms with Gasteiger partial charge in [0.25, 0.3) is 0 Å². The van der Waals surface area contributed by atoms with Crippen LogP contribution in [0.3, 0.4) is 0 Å². The van der Waals surface area contributed by atoms with E-state index in [9.17, 15) is 0 Å². The fourth-order valence-corrected chi connectivity index (χ4v) is 1.93. The van der Waals surface area contributed by atoms with Gasteiger partial charge in [-0.2, -0.15) is 0 Å². The summed E-state index contributed by atoms with van der Waals surface area (Å²) in [6, 6.07) is 0. The van der Waals surface area contributed by atoms with Crippen LogP contribution in [0, 0.1) is 17.3 Å². The van der Waals surface area contributed by atoms with E-state index in [1.54, 1.807) is 0 Å². The third-order valence-corrected chi connectivity index (χ3v) is 3.33. The van der Waals surface area contributed by atoms with Gasteiger partial charge in [0.15, 0.2) is 0 Å². The highest BCUT2D eigenvalue weighted by Crippen LogP contribution is 2.50. The zero-order valence-electron chi connectivity index (χ0n) is 8.98. The van der Waals surface area contributed by atoms with Crippen molar-refractivity contribution < 1.29 is 0 Å². The topological polar surface area (TPSA) is 0 Å². The first-order valence-corrected chi connectivity index (χ1v) is 5.11. The molecule has 0 radical (unpaired) electrons. The van der Waals surface area contributed by atoms with Crippen molar-refractivity contribution in [2.24, 2.45) is 17.3 Å². The average molecular weight is 166 g/mol. The fourth-order valence-electron chi connectivity index (χ4n) is 1.93. The van der Waals surface area contributed by atoms with Crippen LogP contribution in [0.2, 0.25) is 0 Å². The van der Waals surface area contributed by atoms with Gasteiger partial charge in [0.2, 0.25) is 0 Å². The van der Waals surface area contributed by atoms with Crippen LogP contribution in [0.25, 0.3) is 0 Å². The third kappa shape index (κ3) is 2.36. The van der Waals surface area contributed by atoms with Crippen molar-refractivity contribution >= 4 is 0 Å². The molecule has 1 fully saturated rings. The minimum Gasteiger partial charge on any atom is -0.0999 e. The quantitative estimate of drug-likeness (QED) is 0.553. The molecule has 0 aliphatic heterocycles. The van der Waals surface area contributed by atoms with Gasteiger partial charge in [-0.3, -0.25) is 0 Å². The minimum atomic E-state index is 0.550. The molecule has 0 bridgehead atoms. The molecule has 70 valence electrons. The summed E-state index contributed by atoms with van der Waals surface area (Å²) in [6.45, 7) is 13.2. The largest absolute Gasteiger partial charge is 0.0999 e. The van der Waals surface area contributed by atoms with Gasteiger partial charge in [-0.05, 0) is 37.0 Å². The highest BCUT2D eigenvalue weighted by Gasteiger charge is 2.40. The summed E-state index contributed by atoms with van der Waals surface area (Å²) >= 11 is 0.